The first-order valence-corrected chi connectivity index (χ1v) is 6.11. The maximum absolute atomic E-state index is 11.5. The Labute approximate surface area is 105 Å². The number of anilines is 1. The van der Waals surface area contributed by atoms with Crippen LogP contribution in [0.4, 0.5) is 5.95 Å². The van der Waals surface area contributed by atoms with E-state index in [1.165, 1.54) is 0 Å². The lowest BCUT2D eigenvalue weighted by molar-refractivity contribution is -0.121. The van der Waals surface area contributed by atoms with Gasteiger partial charge in [-0.3, -0.25) is 14.6 Å². The number of carbonyl (C=O) groups is 1. The molecule has 100 valence electrons. The Bertz CT molecular complexity index is 443. The van der Waals surface area contributed by atoms with Gasteiger partial charge in [-0.05, 0) is 6.42 Å². The largest absolute Gasteiger partial charge is 0.368 e. The molecule has 0 saturated carbocycles. The lowest BCUT2D eigenvalue weighted by atomic mass is 10.1. The summed E-state index contributed by atoms with van der Waals surface area (Å²) >= 11 is 0. The van der Waals surface area contributed by atoms with Gasteiger partial charge in [0, 0.05) is 6.42 Å². The lowest BCUT2D eigenvalue weighted by Crippen LogP contribution is -2.28. The Kier molecular flexibility index (Phi) is 5.83. The topological polar surface area (TPSA) is 114 Å². The van der Waals surface area contributed by atoms with Crippen LogP contribution in [0.3, 0.4) is 0 Å². The van der Waals surface area contributed by atoms with Crippen LogP contribution < -0.4 is 16.6 Å². The van der Waals surface area contributed by atoms with Crippen molar-refractivity contribution < 1.29 is 4.79 Å². The first kappa shape index (κ1) is 14.1. The van der Waals surface area contributed by atoms with E-state index >= 15 is 0 Å². The number of nitrogen functional groups attached to an aromatic ring is 1. The van der Waals surface area contributed by atoms with E-state index in [1.54, 1.807) is 0 Å². The summed E-state index contributed by atoms with van der Waals surface area (Å²) in [5.74, 6) is -0.112. The minimum atomic E-state index is -0.422. The third-order valence-electron chi connectivity index (χ3n) is 2.49. The minimum absolute atomic E-state index is 0.0327. The molecular weight excluding hydrogens is 234 g/mol. The molecule has 7 heteroatoms. The van der Waals surface area contributed by atoms with Gasteiger partial charge in [0.1, 0.15) is 5.69 Å². The van der Waals surface area contributed by atoms with Gasteiger partial charge in [0.15, 0.2) is 0 Å². The zero-order chi connectivity index (χ0) is 13.4. The van der Waals surface area contributed by atoms with Gasteiger partial charge < -0.3 is 11.1 Å². The van der Waals surface area contributed by atoms with Gasteiger partial charge in [-0.15, -0.1) is 10.2 Å². The molecule has 0 aliphatic rings. The molecule has 18 heavy (non-hydrogen) atoms. The van der Waals surface area contributed by atoms with Gasteiger partial charge in [0.05, 0.1) is 6.54 Å². The van der Waals surface area contributed by atoms with Crippen molar-refractivity contribution in [1.82, 2.24) is 20.5 Å². The molecule has 4 N–H and O–H groups in total. The lowest BCUT2D eigenvalue weighted by Gasteiger charge is -2.03. The fraction of sp³-hybridized carbons (Fsp3) is 0.636. The van der Waals surface area contributed by atoms with Crippen LogP contribution in [0.15, 0.2) is 4.79 Å². The van der Waals surface area contributed by atoms with Crippen LogP contribution >= 0.6 is 0 Å². The van der Waals surface area contributed by atoms with Crippen molar-refractivity contribution in [3.05, 3.63) is 16.0 Å². The maximum Gasteiger partial charge on any atom is 0.276 e. The van der Waals surface area contributed by atoms with Crippen LogP contribution in [0.25, 0.3) is 0 Å². The summed E-state index contributed by atoms with van der Waals surface area (Å²) < 4.78 is 0. The van der Waals surface area contributed by atoms with Crippen LogP contribution in [0.5, 0.6) is 0 Å². The predicted molar refractivity (Wildman–Crippen MR) is 67.7 cm³/mol. The molecular formula is C11H19N5O2. The van der Waals surface area contributed by atoms with Gasteiger partial charge in [0.2, 0.25) is 11.9 Å². The van der Waals surface area contributed by atoms with Gasteiger partial charge in [-0.2, -0.15) is 0 Å². The highest BCUT2D eigenvalue weighted by Gasteiger charge is 2.06. The van der Waals surface area contributed by atoms with Crippen molar-refractivity contribution in [1.29, 1.82) is 0 Å². The molecule has 0 atom stereocenters. The van der Waals surface area contributed by atoms with Gasteiger partial charge in [0.25, 0.3) is 5.56 Å². The molecule has 0 aliphatic carbocycles. The van der Waals surface area contributed by atoms with Crippen LogP contribution in [-0.2, 0) is 11.3 Å². The molecule has 0 aromatic carbocycles. The molecule has 1 rings (SSSR count). The second-order valence-electron chi connectivity index (χ2n) is 4.07. The Morgan fingerprint density at radius 1 is 1.33 bits per heavy atom. The van der Waals surface area contributed by atoms with Crippen LogP contribution in [0.2, 0.25) is 0 Å². The minimum Gasteiger partial charge on any atom is -0.368 e. The van der Waals surface area contributed by atoms with E-state index in [2.05, 4.69) is 27.4 Å². The van der Waals surface area contributed by atoms with Crippen molar-refractivity contribution in [2.75, 3.05) is 5.73 Å². The number of aromatic amines is 1. The fourth-order valence-corrected chi connectivity index (χ4v) is 1.47. The molecule has 0 radical (unpaired) electrons. The van der Waals surface area contributed by atoms with Gasteiger partial charge >= 0.3 is 0 Å². The summed E-state index contributed by atoms with van der Waals surface area (Å²) in [6, 6.07) is 0. The highest BCUT2D eigenvalue weighted by molar-refractivity contribution is 5.75. The number of amides is 1. The zero-order valence-electron chi connectivity index (χ0n) is 10.5. The van der Waals surface area contributed by atoms with Gasteiger partial charge in [-0.25, -0.2) is 0 Å². The molecule has 0 spiro atoms. The molecule has 0 aliphatic heterocycles. The van der Waals surface area contributed by atoms with E-state index in [4.69, 9.17) is 5.73 Å². The third-order valence-corrected chi connectivity index (χ3v) is 2.49. The SMILES string of the molecule is CCCCCCC(=O)NCc1nnc(N)[nH]c1=O. The van der Waals surface area contributed by atoms with Crippen molar-refractivity contribution in [3.8, 4) is 0 Å². The zero-order valence-corrected chi connectivity index (χ0v) is 10.5. The normalized spacial score (nSPS) is 10.3. The van der Waals surface area contributed by atoms with E-state index in [0.717, 1.165) is 25.7 Å². The smallest absolute Gasteiger partial charge is 0.276 e. The number of hydrogen-bond donors (Lipinski definition) is 3. The van der Waals surface area contributed by atoms with E-state index < -0.39 is 5.56 Å². The first-order valence-electron chi connectivity index (χ1n) is 6.11. The molecule has 7 nitrogen and oxygen atoms in total. The summed E-state index contributed by atoms with van der Waals surface area (Å²) in [6.07, 6.45) is 4.66. The standard InChI is InChI=1S/C11H19N5O2/c1-2-3-4-5-6-9(17)13-7-8-10(18)14-11(12)16-15-8/h2-7H2,1H3,(H,13,17)(H3,12,14,16,18). The summed E-state index contributed by atoms with van der Waals surface area (Å²) in [5, 5.41) is 9.79. The van der Waals surface area contributed by atoms with Crippen molar-refractivity contribution in [2.45, 2.75) is 45.6 Å². The van der Waals surface area contributed by atoms with Crippen LogP contribution in [-0.4, -0.2) is 21.1 Å². The number of nitrogens with one attached hydrogen (secondary N) is 2. The predicted octanol–water partition coefficient (Wildman–Crippen LogP) is 0.334. The average Bonchev–Trinajstić information content (AvgIpc) is 2.33. The number of nitrogens with zero attached hydrogens (tertiary/aromatic N) is 2. The quantitative estimate of drug-likeness (QED) is 0.606. The van der Waals surface area contributed by atoms with E-state index in [-0.39, 0.29) is 24.1 Å². The molecule has 1 heterocycles. The maximum atomic E-state index is 11.5. The molecule has 0 bridgehead atoms. The molecule has 0 fully saturated rings. The summed E-state index contributed by atoms with van der Waals surface area (Å²) in [5.41, 5.74) is 5.00. The summed E-state index contributed by atoms with van der Waals surface area (Å²) in [7, 11) is 0. The second-order valence-corrected chi connectivity index (χ2v) is 4.07. The van der Waals surface area contributed by atoms with Crippen LogP contribution in [0, 0.1) is 0 Å². The van der Waals surface area contributed by atoms with Crippen molar-refractivity contribution >= 4 is 11.9 Å². The number of carbonyl (C=O) groups excluding carboxylic acids is 1. The number of rotatable bonds is 7. The number of aromatic nitrogens is 3. The first-order chi connectivity index (χ1) is 8.63. The highest BCUT2D eigenvalue weighted by Crippen LogP contribution is 2.02. The highest BCUT2D eigenvalue weighted by atomic mass is 16.1. The fourth-order valence-electron chi connectivity index (χ4n) is 1.47. The summed E-state index contributed by atoms with van der Waals surface area (Å²) in [6.45, 7) is 2.20. The third kappa shape index (κ3) is 4.94. The van der Waals surface area contributed by atoms with E-state index in [9.17, 15) is 9.59 Å². The molecule has 0 saturated heterocycles. The van der Waals surface area contributed by atoms with E-state index in [0.29, 0.717) is 6.42 Å². The number of unbranched alkanes of at least 4 members (excludes halogenated alkanes) is 3. The second kappa shape index (κ2) is 7.41. The average molecular weight is 253 g/mol. The Balaban J connectivity index is 2.31. The van der Waals surface area contributed by atoms with Crippen LogP contribution in [0.1, 0.15) is 44.7 Å². The molecule has 1 aromatic heterocycles. The van der Waals surface area contributed by atoms with Gasteiger partial charge in [-0.1, -0.05) is 26.2 Å². The Morgan fingerprint density at radius 3 is 2.78 bits per heavy atom. The molecule has 0 unspecified atom stereocenters. The van der Waals surface area contributed by atoms with Crippen molar-refractivity contribution in [2.24, 2.45) is 0 Å². The summed E-state index contributed by atoms with van der Waals surface area (Å²) in [4.78, 5) is 25.1. The van der Waals surface area contributed by atoms with E-state index in [1.807, 2.05) is 0 Å². The molecule has 1 aromatic rings. The number of hydrogen-bond acceptors (Lipinski definition) is 5. The Morgan fingerprint density at radius 2 is 2.11 bits per heavy atom. The van der Waals surface area contributed by atoms with Crippen molar-refractivity contribution in [3.63, 3.8) is 0 Å². The monoisotopic (exact) mass is 253 g/mol. The Hall–Kier alpha value is -1.92. The number of nitrogens with two attached hydrogens (primary N) is 1. The molecule has 1 amide bonds. The number of H-pyrrole nitrogens is 1.